The molecule has 2 aliphatic heterocycles. The Morgan fingerprint density at radius 1 is 0.613 bits per heavy atom. The number of ether oxygens (including phenoxy) is 2. The van der Waals surface area contributed by atoms with Crippen LogP contribution in [0.1, 0.15) is 84.0 Å². The maximum atomic E-state index is 13.4. The van der Waals surface area contributed by atoms with Crippen LogP contribution >= 0.6 is 45.9 Å². The fourth-order valence-corrected chi connectivity index (χ4v) is 10.8. The highest BCUT2D eigenvalue weighted by Gasteiger charge is 2.49. The standard InChI is InChI=1S/2C23H21ClN2O4S/c2*24-15-5-3-4-14(10-15)21-20(22-25-16-6-1-2-7-18(16)31-22)26(12-13-8-9-13)23(29)17(30-21)11-19(27)28/h2*1-7,10,13,17,20-21H,8-9,11-12H2,(H,27,28)/t2*17-,20+,21-/m10/s1. The third kappa shape index (κ3) is 9.36. The molecule has 2 amide bonds. The summed E-state index contributed by atoms with van der Waals surface area (Å²) >= 11 is 15.6. The van der Waals surface area contributed by atoms with Gasteiger partial charge < -0.3 is 29.5 Å². The average molecular weight is 914 g/mol. The Morgan fingerprint density at radius 2 is 1.02 bits per heavy atom. The molecule has 16 heteroatoms. The van der Waals surface area contributed by atoms with Gasteiger partial charge >= 0.3 is 11.9 Å². The van der Waals surface area contributed by atoms with E-state index >= 15 is 0 Å². The van der Waals surface area contributed by atoms with Gasteiger partial charge in [-0.1, -0.05) is 71.7 Å². The summed E-state index contributed by atoms with van der Waals surface area (Å²) in [4.78, 5) is 62.9. The average Bonchev–Trinajstić information content (AvgIpc) is 4.17. The number of carbonyl (C=O) groups is 4. The van der Waals surface area contributed by atoms with Crippen molar-refractivity contribution < 1.29 is 38.9 Å². The van der Waals surface area contributed by atoms with E-state index in [2.05, 4.69) is 0 Å². The maximum absolute atomic E-state index is 13.4. The van der Waals surface area contributed by atoms with Crippen molar-refractivity contribution in [2.24, 2.45) is 11.8 Å². The number of hydrogen-bond donors (Lipinski definition) is 2. The van der Waals surface area contributed by atoms with Gasteiger partial charge in [-0.15, -0.1) is 22.7 Å². The fourth-order valence-electron chi connectivity index (χ4n) is 8.19. The van der Waals surface area contributed by atoms with Crippen LogP contribution in [-0.2, 0) is 28.7 Å². The Kier molecular flexibility index (Phi) is 12.3. The number of carbonyl (C=O) groups excluding carboxylic acids is 2. The van der Waals surface area contributed by atoms with E-state index < -0.39 is 48.4 Å². The smallest absolute Gasteiger partial charge is 0.306 e. The number of morpholine rings is 2. The maximum Gasteiger partial charge on any atom is 0.306 e. The molecule has 10 rings (SSSR count). The molecule has 0 spiro atoms. The second-order valence-electron chi connectivity index (χ2n) is 16.2. The van der Waals surface area contributed by atoms with Crippen molar-refractivity contribution in [1.82, 2.24) is 19.8 Å². The summed E-state index contributed by atoms with van der Waals surface area (Å²) in [6, 6.07) is 29.5. The molecule has 0 unspecified atom stereocenters. The highest BCUT2D eigenvalue weighted by Crippen LogP contribution is 2.48. The van der Waals surface area contributed by atoms with Crippen LogP contribution in [0.3, 0.4) is 0 Å². The minimum Gasteiger partial charge on any atom is -0.481 e. The normalized spacial score (nSPS) is 24.0. The lowest BCUT2D eigenvalue weighted by Gasteiger charge is -2.43. The van der Waals surface area contributed by atoms with E-state index in [1.54, 1.807) is 44.6 Å². The van der Waals surface area contributed by atoms with Gasteiger partial charge in [0.05, 0.1) is 33.3 Å². The molecule has 4 heterocycles. The first kappa shape index (κ1) is 42.3. The lowest BCUT2D eigenvalue weighted by atomic mass is 9.96. The number of thiazole rings is 2. The third-order valence-corrected chi connectivity index (χ3v) is 14.2. The molecule has 6 atom stereocenters. The number of para-hydroxylation sites is 2. The number of hydrogen-bond acceptors (Lipinski definition) is 10. The van der Waals surface area contributed by atoms with Crippen molar-refractivity contribution in [1.29, 1.82) is 0 Å². The SMILES string of the molecule is O=C(O)C[C@@H]1O[C@@H](c2cccc(Cl)c2)[C@H](c2nc3ccccc3s2)N(CC2CC2)C1=O.O=C(O)C[C@H]1O[C@H](c2cccc(Cl)c2)[C@@H](c2nc3ccccc3s2)N(CC2CC2)C1=O. The number of carboxylic acids is 2. The number of amides is 2. The summed E-state index contributed by atoms with van der Waals surface area (Å²) in [5.41, 5.74) is 3.36. The highest BCUT2D eigenvalue weighted by atomic mass is 35.5. The number of halogens is 2. The third-order valence-electron chi connectivity index (χ3n) is 11.5. The van der Waals surface area contributed by atoms with Crippen molar-refractivity contribution in [2.75, 3.05) is 13.1 Å². The Hall–Kier alpha value is -4.96. The fraction of sp³-hybridized carbons (Fsp3) is 0.348. The van der Waals surface area contributed by atoms with Gasteiger partial charge in [0.1, 0.15) is 46.5 Å². The predicted molar refractivity (Wildman–Crippen MR) is 236 cm³/mol. The van der Waals surface area contributed by atoms with Crippen molar-refractivity contribution in [3.05, 3.63) is 128 Å². The number of carboxylic acid groups (broad SMARTS) is 2. The molecule has 2 aromatic heterocycles. The Bertz CT molecular complexity index is 2400. The van der Waals surface area contributed by atoms with Gasteiger partial charge in [0, 0.05) is 23.1 Å². The van der Waals surface area contributed by atoms with Gasteiger partial charge in [0.2, 0.25) is 0 Å². The second-order valence-corrected chi connectivity index (χ2v) is 19.2. The largest absolute Gasteiger partial charge is 0.481 e. The Labute approximate surface area is 375 Å². The first-order valence-corrected chi connectivity index (χ1v) is 22.9. The molecule has 0 bridgehead atoms. The molecule has 0 radical (unpaired) electrons. The summed E-state index contributed by atoms with van der Waals surface area (Å²) in [5, 5.41) is 21.4. The van der Waals surface area contributed by atoms with Crippen LogP contribution in [0.25, 0.3) is 20.4 Å². The second kappa shape index (κ2) is 18.0. The van der Waals surface area contributed by atoms with E-state index in [0.717, 1.165) is 67.3 Å². The molecule has 2 saturated carbocycles. The summed E-state index contributed by atoms with van der Waals surface area (Å²) in [6.45, 7) is 1.16. The molecule has 62 heavy (non-hydrogen) atoms. The molecule has 2 N–H and O–H groups in total. The number of nitrogens with zero attached hydrogens (tertiary/aromatic N) is 4. The van der Waals surface area contributed by atoms with Crippen molar-refractivity contribution >= 4 is 90.1 Å². The minimum atomic E-state index is -1.06. The van der Waals surface area contributed by atoms with E-state index in [1.165, 1.54) is 0 Å². The van der Waals surface area contributed by atoms with Gasteiger partial charge in [0.15, 0.2) is 0 Å². The predicted octanol–water partition coefficient (Wildman–Crippen LogP) is 9.69. The summed E-state index contributed by atoms with van der Waals surface area (Å²) in [5.74, 6) is -1.82. The van der Waals surface area contributed by atoms with Gasteiger partial charge in [-0.2, -0.15) is 0 Å². The molecule has 6 aromatic rings. The molecular formula is C46H42Cl2N4O8S2. The minimum absolute atomic E-state index is 0.281. The number of aromatic nitrogens is 2. The van der Waals surface area contributed by atoms with Crippen LogP contribution in [-0.4, -0.2) is 79.0 Å². The van der Waals surface area contributed by atoms with Crippen LogP contribution in [0.4, 0.5) is 0 Å². The van der Waals surface area contributed by atoms with Crippen LogP contribution in [0, 0.1) is 11.8 Å². The van der Waals surface area contributed by atoms with E-state index in [1.807, 2.05) is 84.9 Å². The zero-order valence-electron chi connectivity index (χ0n) is 33.2. The lowest BCUT2D eigenvalue weighted by molar-refractivity contribution is -0.179. The first-order chi connectivity index (χ1) is 30.0. The van der Waals surface area contributed by atoms with E-state index in [-0.39, 0.29) is 24.7 Å². The summed E-state index contributed by atoms with van der Waals surface area (Å²) < 4.78 is 14.4. The molecular weight excluding hydrogens is 872 g/mol. The van der Waals surface area contributed by atoms with Crippen LogP contribution < -0.4 is 0 Å². The van der Waals surface area contributed by atoms with Crippen LogP contribution in [0.15, 0.2) is 97.1 Å². The molecule has 4 aliphatic rings. The van der Waals surface area contributed by atoms with E-state index in [0.29, 0.717) is 35.0 Å². The van der Waals surface area contributed by atoms with Gasteiger partial charge in [-0.3, -0.25) is 19.2 Å². The first-order valence-electron chi connectivity index (χ1n) is 20.6. The number of fused-ring (bicyclic) bond motifs is 2. The van der Waals surface area contributed by atoms with E-state index in [4.69, 9.17) is 42.6 Å². The molecule has 4 aromatic carbocycles. The van der Waals surface area contributed by atoms with Gasteiger partial charge in [-0.05, 0) is 97.2 Å². The molecule has 2 aliphatic carbocycles. The van der Waals surface area contributed by atoms with E-state index in [9.17, 15) is 29.4 Å². The molecule has 12 nitrogen and oxygen atoms in total. The quantitative estimate of drug-likeness (QED) is 0.121. The number of benzene rings is 4. The number of aliphatic carboxylic acids is 2. The summed E-state index contributed by atoms with van der Waals surface area (Å²) in [7, 11) is 0. The molecule has 320 valence electrons. The molecule has 2 saturated heterocycles. The van der Waals surface area contributed by atoms with Gasteiger partial charge in [-0.25, -0.2) is 9.97 Å². The van der Waals surface area contributed by atoms with Crippen LogP contribution in [0.2, 0.25) is 10.0 Å². The van der Waals surface area contributed by atoms with Crippen LogP contribution in [0.5, 0.6) is 0 Å². The molecule has 4 fully saturated rings. The van der Waals surface area contributed by atoms with Crippen molar-refractivity contribution in [3.63, 3.8) is 0 Å². The zero-order chi connectivity index (χ0) is 43.1. The van der Waals surface area contributed by atoms with Gasteiger partial charge in [0.25, 0.3) is 11.8 Å². The zero-order valence-corrected chi connectivity index (χ0v) is 36.4. The monoisotopic (exact) mass is 912 g/mol. The van der Waals surface area contributed by atoms with Crippen molar-refractivity contribution in [2.45, 2.75) is 75.0 Å². The lowest BCUT2D eigenvalue weighted by Crippen LogP contribution is -2.52. The summed E-state index contributed by atoms with van der Waals surface area (Å²) in [6.07, 6.45) is 0.362. The van der Waals surface area contributed by atoms with Crippen molar-refractivity contribution in [3.8, 4) is 0 Å². The highest BCUT2D eigenvalue weighted by molar-refractivity contribution is 7.19. The topological polar surface area (TPSA) is 159 Å². The Balaban J connectivity index is 0.000000158. The Morgan fingerprint density at radius 3 is 1.37 bits per heavy atom. The number of rotatable bonds is 12.